The van der Waals surface area contributed by atoms with E-state index >= 15 is 0 Å². The summed E-state index contributed by atoms with van der Waals surface area (Å²) in [6.07, 6.45) is 0.0720. The van der Waals surface area contributed by atoms with Crippen molar-refractivity contribution in [2.24, 2.45) is 0 Å². The molecule has 2 heterocycles. The molecule has 0 unspecified atom stereocenters. The molecule has 3 rings (SSSR count). The van der Waals surface area contributed by atoms with Gasteiger partial charge < -0.3 is 4.84 Å². The summed E-state index contributed by atoms with van der Waals surface area (Å²) < 4.78 is 0. The van der Waals surface area contributed by atoms with Gasteiger partial charge in [-0.05, 0) is 12.1 Å². The van der Waals surface area contributed by atoms with Gasteiger partial charge in [-0.3, -0.25) is 14.6 Å². The Labute approximate surface area is 120 Å². The molecule has 2 aromatic rings. The summed E-state index contributed by atoms with van der Waals surface area (Å²) in [4.78, 5) is 43.7. The first kappa shape index (κ1) is 13.2. The number of nitrogens with zero attached hydrogens (tertiary/aromatic N) is 2. The van der Waals surface area contributed by atoms with Gasteiger partial charge in [-0.2, -0.15) is 0 Å². The third kappa shape index (κ3) is 2.74. The lowest BCUT2D eigenvalue weighted by Gasteiger charge is -2.12. The van der Waals surface area contributed by atoms with Crippen molar-refractivity contribution in [1.82, 2.24) is 10.0 Å². The number of hydrogen-bond acceptors (Lipinski definition) is 5. The summed E-state index contributed by atoms with van der Waals surface area (Å²) in [5.74, 6) is -1.65. The van der Waals surface area contributed by atoms with E-state index in [4.69, 9.17) is 4.84 Å². The van der Waals surface area contributed by atoms with Crippen LogP contribution in [0.1, 0.15) is 18.5 Å². The number of hydrogen-bond donors (Lipinski definition) is 0. The van der Waals surface area contributed by atoms with Crippen molar-refractivity contribution in [2.45, 2.75) is 19.3 Å². The first-order chi connectivity index (χ1) is 10.1. The van der Waals surface area contributed by atoms with E-state index in [0.717, 1.165) is 10.9 Å². The molecule has 1 aromatic carbocycles. The van der Waals surface area contributed by atoms with Crippen molar-refractivity contribution >= 4 is 28.7 Å². The molecule has 2 amide bonds. The number of para-hydroxylation sites is 1. The summed E-state index contributed by atoms with van der Waals surface area (Å²) in [6.45, 7) is 0. The Hall–Kier alpha value is -2.76. The molecule has 0 spiro atoms. The summed E-state index contributed by atoms with van der Waals surface area (Å²) in [7, 11) is 0. The predicted molar refractivity (Wildman–Crippen MR) is 72.6 cm³/mol. The van der Waals surface area contributed by atoms with Crippen molar-refractivity contribution in [3.05, 3.63) is 42.1 Å². The Morgan fingerprint density at radius 3 is 2.57 bits per heavy atom. The minimum Gasteiger partial charge on any atom is -0.330 e. The highest BCUT2D eigenvalue weighted by molar-refractivity contribution is 6.01. The molecule has 0 atom stereocenters. The van der Waals surface area contributed by atoms with Crippen LogP contribution in [0, 0.1) is 0 Å². The van der Waals surface area contributed by atoms with Crippen LogP contribution in [-0.4, -0.2) is 27.8 Å². The molecule has 1 aliphatic rings. The second kappa shape index (κ2) is 5.32. The highest BCUT2D eigenvalue weighted by Crippen LogP contribution is 2.15. The smallest absolute Gasteiger partial charge is 0.330 e. The van der Waals surface area contributed by atoms with Gasteiger partial charge in [-0.15, -0.1) is 5.06 Å². The van der Waals surface area contributed by atoms with E-state index in [9.17, 15) is 14.4 Å². The fraction of sp³-hybridized carbons (Fsp3) is 0.200. The fourth-order valence-corrected chi connectivity index (χ4v) is 2.15. The third-order valence-corrected chi connectivity index (χ3v) is 3.18. The second-order valence-electron chi connectivity index (χ2n) is 4.72. The number of fused-ring (bicyclic) bond motifs is 1. The molecule has 1 saturated heterocycles. The van der Waals surface area contributed by atoms with Crippen LogP contribution in [0.4, 0.5) is 0 Å². The summed E-state index contributed by atoms with van der Waals surface area (Å²) in [5, 5.41) is 1.52. The number of aromatic nitrogens is 1. The molecule has 0 saturated carbocycles. The van der Waals surface area contributed by atoms with Gasteiger partial charge in [0.1, 0.15) is 0 Å². The van der Waals surface area contributed by atoms with Crippen LogP contribution in [0.25, 0.3) is 10.9 Å². The fourth-order valence-electron chi connectivity index (χ4n) is 2.15. The standard InChI is InChI=1S/C15H12N2O4/c18-13-7-8-14(19)17(13)21-15(20)9-11-6-5-10-3-1-2-4-12(10)16-11/h1-6H,7-9H2. The summed E-state index contributed by atoms with van der Waals surface area (Å²) in [6, 6.07) is 11.1. The highest BCUT2D eigenvalue weighted by Gasteiger charge is 2.32. The van der Waals surface area contributed by atoms with E-state index in [1.807, 2.05) is 30.3 Å². The largest absolute Gasteiger partial charge is 0.339 e. The number of hydroxylamine groups is 2. The molecule has 0 aliphatic carbocycles. The van der Waals surface area contributed by atoms with Crippen LogP contribution in [0.5, 0.6) is 0 Å². The molecule has 6 nitrogen and oxygen atoms in total. The van der Waals surface area contributed by atoms with Crippen molar-refractivity contribution in [3.8, 4) is 0 Å². The minimum atomic E-state index is -0.679. The van der Waals surface area contributed by atoms with Gasteiger partial charge in [0.25, 0.3) is 11.8 Å². The average molecular weight is 284 g/mol. The zero-order chi connectivity index (χ0) is 14.8. The molecule has 6 heteroatoms. The topological polar surface area (TPSA) is 76.6 Å². The molecule has 1 fully saturated rings. The lowest BCUT2D eigenvalue weighted by molar-refractivity contribution is -0.197. The van der Waals surface area contributed by atoms with Crippen LogP contribution in [0.3, 0.4) is 0 Å². The zero-order valence-electron chi connectivity index (χ0n) is 11.1. The van der Waals surface area contributed by atoms with Crippen LogP contribution < -0.4 is 0 Å². The third-order valence-electron chi connectivity index (χ3n) is 3.18. The van der Waals surface area contributed by atoms with E-state index in [2.05, 4.69) is 4.98 Å². The Morgan fingerprint density at radius 2 is 1.81 bits per heavy atom. The molecule has 0 N–H and O–H groups in total. The maximum atomic E-state index is 11.8. The van der Waals surface area contributed by atoms with Gasteiger partial charge in [0, 0.05) is 18.2 Å². The Bertz CT molecular complexity index is 725. The SMILES string of the molecule is O=C(Cc1ccc2ccccc2n1)ON1C(=O)CCC1=O. The maximum Gasteiger partial charge on any atom is 0.339 e. The maximum absolute atomic E-state index is 11.8. The summed E-state index contributed by atoms with van der Waals surface area (Å²) in [5.41, 5.74) is 1.30. The van der Waals surface area contributed by atoms with Crippen LogP contribution in [-0.2, 0) is 25.6 Å². The van der Waals surface area contributed by atoms with Gasteiger partial charge in [0.15, 0.2) is 0 Å². The average Bonchev–Trinajstić information content (AvgIpc) is 2.79. The van der Waals surface area contributed by atoms with E-state index in [1.54, 1.807) is 6.07 Å². The number of imide groups is 1. The molecule has 1 aliphatic heterocycles. The van der Waals surface area contributed by atoms with Crippen molar-refractivity contribution in [3.63, 3.8) is 0 Å². The second-order valence-corrected chi connectivity index (χ2v) is 4.72. The first-order valence-electron chi connectivity index (χ1n) is 6.55. The van der Waals surface area contributed by atoms with Gasteiger partial charge in [-0.1, -0.05) is 24.3 Å². The van der Waals surface area contributed by atoms with Crippen LogP contribution in [0.15, 0.2) is 36.4 Å². The Morgan fingerprint density at radius 1 is 1.10 bits per heavy atom. The lowest BCUT2D eigenvalue weighted by atomic mass is 10.2. The highest BCUT2D eigenvalue weighted by atomic mass is 16.7. The Balaban J connectivity index is 1.71. The van der Waals surface area contributed by atoms with Gasteiger partial charge in [0.2, 0.25) is 0 Å². The monoisotopic (exact) mass is 284 g/mol. The van der Waals surface area contributed by atoms with Gasteiger partial charge in [0.05, 0.1) is 17.6 Å². The number of pyridine rings is 1. The minimum absolute atomic E-state index is 0.0837. The molecular weight excluding hydrogens is 272 g/mol. The van der Waals surface area contributed by atoms with Crippen LogP contribution in [0.2, 0.25) is 0 Å². The number of carbonyl (C=O) groups is 3. The first-order valence-corrected chi connectivity index (χ1v) is 6.55. The normalized spacial score (nSPS) is 14.8. The van der Waals surface area contributed by atoms with Crippen LogP contribution >= 0.6 is 0 Å². The number of benzene rings is 1. The molecule has 0 bridgehead atoms. The molecular formula is C15H12N2O4. The molecule has 0 radical (unpaired) electrons. The van der Waals surface area contributed by atoms with Crippen molar-refractivity contribution < 1.29 is 19.2 Å². The van der Waals surface area contributed by atoms with Crippen molar-refractivity contribution in [1.29, 1.82) is 0 Å². The molecule has 1 aromatic heterocycles. The lowest BCUT2D eigenvalue weighted by Crippen LogP contribution is -2.32. The zero-order valence-corrected chi connectivity index (χ0v) is 11.1. The molecule has 106 valence electrons. The predicted octanol–water partition coefficient (Wildman–Crippen LogP) is 1.38. The number of amides is 2. The van der Waals surface area contributed by atoms with Gasteiger partial charge in [-0.25, -0.2) is 4.79 Å². The quantitative estimate of drug-likeness (QED) is 0.796. The van der Waals surface area contributed by atoms with E-state index in [-0.39, 0.29) is 19.3 Å². The molecule has 21 heavy (non-hydrogen) atoms. The summed E-state index contributed by atoms with van der Waals surface area (Å²) >= 11 is 0. The number of carbonyl (C=O) groups excluding carboxylic acids is 3. The van der Waals surface area contributed by atoms with E-state index < -0.39 is 17.8 Å². The van der Waals surface area contributed by atoms with E-state index in [1.165, 1.54) is 0 Å². The van der Waals surface area contributed by atoms with Gasteiger partial charge >= 0.3 is 5.97 Å². The van der Waals surface area contributed by atoms with E-state index in [0.29, 0.717) is 10.8 Å². The Kier molecular flexibility index (Phi) is 3.35. The van der Waals surface area contributed by atoms with Crippen molar-refractivity contribution in [2.75, 3.05) is 0 Å². The number of rotatable bonds is 3.